The lowest BCUT2D eigenvalue weighted by molar-refractivity contribution is -0.120. The zero-order chi connectivity index (χ0) is 17.6. The topological polar surface area (TPSA) is 95.0 Å². The summed E-state index contributed by atoms with van der Waals surface area (Å²) in [5.41, 5.74) is -0.879. The highest BCUT2D eigenvalue weighted by Gasteiger charge is 2.30. The molecule has 0 aliphatic carbocycles. The maximum absolute atomic E-state index is 12.0. The van der Waals surface area contributed by atoms with Crippen molar-refractivity contribution in [3.05, 3.63) is 5.89 Å². The van der Waals surface area contributed by atoms with Crippen LogP contribution in [0, 0.1) is 17.2 Å². The van der Waals surface area contributed by atoms with Crippen LogP contribution < -0.4 is 5.32 Å². The molecule has 0 saturated carbocycles. The molecule has 0 radical (unpaired) electrons. The second-order valence-electron chi connectivity index (χ2n) is 6.10. The van der Waals surface area contributed by atoms with E-state index in [4.69, 9.17) is 4.42 Å². The average molecular weight is 339 g/mol. The third-order valence-corrected chi connectivity index (χ3v) is 4.65. The van der Waals surface area contributed by atoms with Gasteiger partial charge in [0.1, 0.15) is 5.54 Å². The van der Waals surface area contributed by atoms with Crippen LogP contribution in [0.3, 0.4) is 0 Å². The van der Waals surface area contributed by atoms with E-state index in [1.807, 2.05) is 39.8 Å². The van der Waals surface area contributed by atoms with Gasteiger partial charge in [-0.15, -0.1) is 10.2 Å². The summed E-state index contributed by atoms with van der Waals surface area (Å²) in [6.45, 7) is 7.55. The van der Waals surface area contributed by atoms with Crippen LogP contribution in [0.1, 0.15) is 46.0 Å². The number of thioether (sulfide) groups is 1. The zero-order valence-electron chi connectivity index (χ0n) is 14.6. The summed E-state index contributed by atoms with van der Waals surface area (Å²) in [5, 5.41) is 20.3. The van der Waals surface area contributed by atoms with Gasteiger partial charge >= 0.3 is 0 Å². The number of nitriles is 1. The first-order valence-corrected chi connectivity index (χ1v) is 8.57. The van der Waals surface area contributed by atoms with Crippen molar-refractivity contribution in [1.82, 2.24) is 20.4 Å². The summed E-state index contributed by atoms with van der Waals surface area (Å²) < 4.78 is 5.61. The molecule has 0 unspecified atom stereocenters. The first kappa shape index (κ1) is 19.5. The van der Waals surface area contributed by atoms with Crippen LogP contribution in [0.15, 0.2) is 9.64 Å². The van der Waals surface area contributed by atoms with Gasteiger partial charge in [0.25, 0.3) is 5.22 Å². The molecule has 1 heterocycles. The molecule has 0 bridgehead atoms. The first-order chi connectivity index (χ1) is 10.7. The largest absolute Gasteiger partial charge is 0.414 e. The third-order valence-electron chi connectivity index (χ3n) is 3.83. The lowest BCUT2D eigenvalue weighted by Gasteiger charge is -2.27. The molecule has 23 heavy (non-hydrogen) atoms. The van der Waals surface area contributed by atoms with Crippen molar-refractivity contribution in [3.8, 4) is 6.07 Å². The molecular weight excluding hydrogens is 314 g/mol. The van der Waals surface area contributed by atoms with Crippen molar-refractivity contribution in [2.24, 2.45) is 5.92 Å². The van der Waals surface area contributed by atoms with Crippen LogP contribution in [-0.2, 0) is 4.79 Å². The Morgan fingerprint density at radius 3 is 2.61 bits per heavy atom. The van der Waals surface area contributed by atoms with Crippen molar-refractivity contribution in [1.29, 1.82) is 5.26 Å². The Bertz CT molecular complexity index is 566. The maximum atomic E-state index is 12.0. The molecule has 2 atom stereocenters. The highest BCUT2D eigenvalue weighted by molar-refractivity contribution is 7.99. The quantitative estimate of drug-likeness (QED) is 0.726. The Labute approximate surface area is 141 Å². The van der Waals surface area contributed by atoms with Gasteiger partial charge in [-0.05, 0) is 33.4 Å². The van der Waals surface area contributed by atoms with E-state index < -0.39 is 5.54 Å². The van der Waals surface area contributed by atoms with Crippen LogP contribution >= 0.6 is 11.8 Å². The smallest absolute Gasteiger partial charge is 0.277 e. The van der Waals surface area contributed by atoms with E-state index in [9.17, 15) is 10.1 Å². The van der Waals surface area contributed by atoms with Crippen molar-refractivity contribution in [3.63, 3.8) is 0 Å². The normalized spacial score (nSPS) is 15.3. The fourth-order valence-electron chi connectivity index (χ4n) is 1.93. The number of aromatic nitrogens is 2. The van der Waals surface area contributed by atoms with Crippen molar-refractivity contribution < 1.29 is 9.21 Å². The fraction of sp³-hybridized carbons (Fsp3) is 0.733. The standard InChI is InChI=1S/C15H25N5O2S/c1-7-11(20(5)6)13-18-19-14(22-13)23-8-12(21)17-15(4,9-16)10(2)3/h10-11H,7-8H2,1-6H3,(H,17,21)/t11-,15+/m0/s1. The fourth-order valence-corrected chi connectivity index (χ4v) is 2.50. The monoisotopic (exact) mass is 339 g/mol. The molecule has 0 aromatic carbocycles. The van der Waals surface area contributed by atoms with Gasteiger partial charge in [-0.1, -0.05) is 32.5 Å². The molecule has 128 valence electrons. The molecule has 0 saturated heterocycles. The number of amides is 1. The number of hydrogen-bond acceptors (Lipinski definition) is 7. The second-order valence-corrected chi connectivity index (χ2v) is 7.03. The van der Waals surface area contributed by atoms with Gasteiger partial charge in [-0.3, -0.25) is 9.69 Å². The Morgan fingerprint density at radius 1 is 1.48 bits per heavy atom. The summed E-state index contributed by atoms with van der Waals surface area (Å²) in [7, 11) is 3.90. The van der Waals surface area contributed by atoms with Crippen LogP contribution in [0.5, 0.6) is 0 Å². The predicted molar refractivity (Wildman–Crippen MR) is 88.7 cm³/mol. The van der Waals surface area contributed by atoms with Gasteiger partial charge in [0, 0.05) is 0 Å². The summed E-state index contributed by atoms with van der Waals surface area (Å²) >= 11 is 1.17. The number of carbonyl (C=O) groups is 1. The summed E-state index contributed by atoms with van der Waals surface area (Å²) in [5.74, 6) is 0.461. The van der Waals surface area contributed by atoms with Gasteiger partial charge in [0.05, 0.1) is 17.9 Å². The highest BCUT2D eigenvalue weighted by Crippen LogP contribution is 2.24. The molecule has 0 aliphatic rings. The summed E-state index contributed by atoms with van der Waals surface area (Å²) in [6, 6.07) is 2.21. The van der Waals surface area contributed by atoms with Gasteiger partial charge in [-0.25, -0.2) is 0 Å². The SMILES string of the molecule is CC[C@@H](c1nnc(SCC(=O)N[C@](C)(C#N)C(C)C)o1)N(C)C. The molecule has 0 fully saturated rings. The van der Waals surface area contributed by atoms with E-state index in [1.165, 1.54) is 11.8 Å². The van der Waals surface area contributed by atoms with E-state index in [-0.39, 0.29) is 23.6 Å². The average Bonchev–Trinajstić information content (AvgIpc) is 2.93. The van der Waals surface area contributed by atoms with Crippen molar-refractivity contribution >= 4 is 17.7 Å². The number of nitrogens with one attached hydrogen (secondary N) is 1. The van der Waals surface area contributed by atoms with Crippen molar-refractivity contribution in [2.75, 3.05) is 19.8 Å². The molecule has 1 aromatic rings. The summed E-state index contributed by atoms with van der Waals surface area (Å²) in [4.78, 5) is 14.0. The second kappa shape index (κ2) is 8.31. The van der Waals surface area contributed by atoms with Gasteiger partial charge in [-0.2, -0.15) is 5.26 Å². The zero-order valence-corrected chi connectivity index (χ0v) is 15.4. The minimum atomic E-state index is -0.879. The van der Waals surface area contributed by atoms with Crippen LogP contribution in [0.2, 0.25) is 0 Å². The Morgan fingerprint density at radius 2 is 2.13 bits per heavy atom. The van der Waals surface area contributed by atoms with Gasteiger partial charge < -0.3 is 9.73 Å². The van der Waals surface area contributed by atoms with Gasteiger partial charge in [0.2, 0.25) is 11.8 Å². The molecular formula is C15H25N5O2S. The molecule has 1 amide bonds. The number of hydrogen-bond donors (Lipinski definition) is 1. The lowest BCUT2D eigenvalue weighted by Crippen LogP contribution is -2.49. The van der Waals surface area contributed by atoms with Crippen LogP contribution in [0.4, 0.5) is 0 Å². The van der Waals surface area contributed by atoms with E-state index in [0.29, 0.717) is 11.1 Å². The lowest BCUT2D eigenvalue weighted by atomic mass is 9.90. The third kappa shape index (κ3) is 5.22. The number of carbonyl (C=O) groups excluding carboxylic acids is 1. The Balaban J connectivity index is 2.61. The molecule has 1 aromatic heterocycles. The Kier molecular flexibility index (Phi) is 7.03. The Hall–Kier alpha value is -1.59. The van der Waals surface area contributed by atoms with E-state index in [0.717, 1.165) is 6.42 Å². The van der Waals surface area contributed by atoms with E-state index >= 15 is 0 Å². The number of nitrogens with zero attached hydrogens (tertiary/aromatic N) is 4. The minimum Gasteiger partial charge on any atom is -0.414 e. The molecule has 7 nitrogen and oxygen atoms in total. The first-order valence-electron chi connectivity index (χ1n) is 7.58. The molecule has 0 spiro atoms. The van der Waals surface area contributed by atoms with E-state index in [2.05, 4.69) is 21.6 Å². The number of rotatable bonds is 8. The minimum absolute atomic E-state index is 0.0156. The van der Waals surface area contributed by atoms with Crippen LogP contribution in [0.25, 0.3) is 0 Å². The van der Waals surface area contributed by atoms with E-state index in [1.54, 1.807) is 6.92 Å². The summed E-state index contributed by atoms with van der Waals surface area (Å²) in [6.07, 6.45) is 0.856. The molecule has 1 N–H and O–H groups in total. The maximum Gasteiger partial charge on any atom is 0.277 e. The molecule has 1 rings (SSSR count). The van der Waals surface area contributed by atoms with Crippen molar-refractivity contribution in [2.45, 2.75) is 50.9 Å². The van der Waals surface area contributed by atoms with Gasteiger partial charge in [0.15, 0.2) is 0 Å². The van der Waals surface area contributed by atoms with Crippen LogP contribution in [-0.4, -0.2) is 46.4 Å². The molecule has 0 aliphatic heterocycles. The predicted octanol–water partition coefficient (Wildman–Crippen LogP) is 2.23. The highest BCUT2D eigenvalue weighted by atomic mass is 32.2. The molecule has 8 heteroatoms.